The van der Waals surface area contributed by atoms with Crippen molar-refractivity contribution in [2.75, 3.05) is 26.1 Å². The summed E-state index contributed by atoms with van der Waals surface area (Å²) in [5.74, 6) is 0.636. The first-order chi connectivity index (χ1) is 10.0. The van der Waals surface area contributed by atoms with E-state index in [0.717, 1.165) is 5.69 Å². The van der Waals surface area contributed by atoms with Crippen LogP contribution in [-0.2, 0) is 13.6 Å². The summed E-state index contributed by atoms with van der Waals surface area (Å²) in [7, 11) is 6.93. The maximum Gasteiger partial charge on any atom is 0.258 e. The first-order valence-electron chi connectivity index (χ1n) is 6.36. The molecule has 2 rings (SSSR count). The van der Waals surface area contributed by atoms with Crippen molar-refractivity contribution in [3.8, 4) is 5.88 Å². The average Bonchev–Trinajstić information content (AvgIpc) is 2.86. The molecule has 0 radical (unpaired) electrons. The minimum absolute atomic E-state index is 0.259. The van der Waals surface area contributed by atoms with Crippen LogP contribution in [0.3, 0.4) is 0 Å². The van der Waals surface area contributed by atoms with Crippen LogP contribution in [-0.4, -0.2) is 46.9 Å². The van der Waals surface area contributed by atoms with Gasteiger partial charge >= 0.3 is 0 Å². The molecule has 1 N–H and O–H groups in total. The van der Waals surface area contributed by atoms with Crippen LogP contribution < -0.4 is 15.0 Å². The second-order valence-corrected chi connectivity index (χ2v) is 4.65. The van der Waals surface area contributed by atoms with E-state index in [1.165, 1.54) is 11.8 Å². The Kier molecular flexibility index (Phi) is 4.36. The van der Waals surface area contributed by atoms with Crippen molar-refractivity contribution in [1.82, 2.24) is 25.1 Å². The van der Waals surface area contributed by atoms with Crippen LogP contribution in [0.5, 0.6) is 5.88 Å². The molecule has 8 nitrogen and oxygen atoms in total. The highest BCUT2D eigenvalue weighted by Gasteiger charge is 2.16. The van der Waals surface area contributed by atoms with Crippen LogP contribution >= 0.6 is 0 Å². The van der Waals surface area contributed by atoms with Crippen molar-refractivity contribution in [2.24, 2.45) is 7.05 Å². The van der Waals surface area contributed by atoms with Gasteiger partial charge in [0.05, 0.1) is 19.3 Å². The number of amides is 1. The van der Waals surface area contributed by atoms with E-state index >= 15 is 0 Å². The van der Waals surface area contributed by atoms with Crippen LogP contribution in [0.1, 0.15) is 16.1 Å². The van der Waals surface area contributed by atoms with Gasteiger partial charge in [-0.1, -0.05) is 0 Å². The van der Waals surface area contributed by atoms with E-state index in [-0.39, 0.29) is 5.91 Å². The molecular formula is C13H18N6O2. The predicted molar refractivity (Wildman–Crippen MR) is 77.3 cm³/mol. The normalized spacial score (nSPS) is 10.3. The number of aryl methyl sites for hydroxylation is 1. The van der Waals surface area contributed by atoms with E-state index in [2.05, 4.69) is 20.4 Å². The van der Waals surface area contributed by atoms with Gasteiger partial charge in [-0.3, -0.25) is 9.48 Å². The molecule has 112 valence electrons. The Morgan fingerprint density at radius 1 is 1.48 bits per heavy atom. The van der Waals surface area contributed by atoms with Gasteiger partial charge in [0.25, 0.3) is 5.91 Å². The molecule has 0 aliphatic heterocycles. The Morgan fingerprint density at radius 3 is 2.90 bits per heavy atom. The van der Waals surface area contributed by atoms with Gasteiger partial charge in [0.2, 0.25) is 11.8 Å². The van der Waals surface area contributed by atoms with Crippen LogP contribution in [0, 0.1) is 0 Å². The smallest absolute Gasteiger partial charge is 0.258 e. The topological polar surface area (TPSA) is 85.2 Å². The van der Waals surface area contributed by atoms with Gasteiger partial charge in [-0.15, -0.1) is 5.10 Å². The number of hydrogen-bond donors (Lipinski definition) is 1. The second-order valence-electron chi connectivity index (χ2n) is 4.65. The van der Waals surface area contributed by atoms with Gasteiger partial charge in [-0.05, 0) is 6.07 Å². The third kappa shape index (κ3) is 3.47. The molecule has 0 unspecified atom stereocenters. The van der Waals surface area contributed by atoms with Crippen molar-refractivity contribution in [3.05, 3.63) is 29.7 Å². The van der Waals surface area contributed by atoms with Gasteiger partial charge in [-0.25, -0.2) is 9.97 Å². The lowest BCUT2D eigenvalue weighted by Gasteiger charge is -2.11. The molecule has 0 bridgehead atoms. The first kappa shape index (κ1) is 14.8. The van der Waals surface area contributed by atoms with E-state index in [1.54, 1.807) is 30.4 Å². The molecular weight excluding hydrogens is 272 g/mol. The molecule has 0 spiro atoms. The van der Waals surface area contributed by atoms with E-state index in [4.69, 9.17) is 4.74 Å². The number of ether oxygens (including phenoxy) is 1. The fourth-order valence-electron chi connectivity index (χ4n) is 1.74. The van der Waals surface area contributed by atoms with Crippen molar-refractivity contribution in [2.45, 2.75) is 6.54 Å². The van der Waals surface area contributed by atoms with Crippen molar-refractivity contribution in [1.29, 1.82) is 0 Å². The largest absolute Gasteiger partial charge is 0.479 e. The molecule has 2 aromatic heterocycles. The number of carbonyl (C=O) groups is 1. The van der Waals surface area contributed by atoms with Crippen LogP contribution in [0.4, 0.5) is 5.95 Å². The lowest BCUT2D eigenvalue weighted by Crippen LogP contribution is -2.24. The lowest BCUT2D eigenvalue weighted by molar-refractivity contribution is 0.0947. The van der Waals surface area contributed by atoms with Gasteiger partial charge in [0, 0.05) is 33.5 Å². The lowest BCUT2D eigenvalue weighted by atomic mass is 10.3. The number of hydrogen-bond acceptors (Lipinski definition) is 6. The number of rotatable bonds is 5. The molecule has 0 fully saturated rings. The number of nitrogens with zero attached hydrogens (tertiary/aromatic N) is 5. The molecule has 2 aromatic rings. The van der Waals surface area contributed by atoms with Gasteiger partial charge in [-0.2, -0.15) is 0 Å². The van der Waals surface area contributed by atoms with Crippen molar-refractivity contribution in [3.63, 3.8) is 0 Å². The summed E-state index contributed by atoms with van der Waals surface area (Å²) in [6.07, 6.45) is 3.27. The number of carbonyl (C=O) groups excluding carboxylic acids is 1. The van der Waals surface area contributed by atoms with Crippen LogP contribution in [0.25, 0.3) is 0 Å². The van der Waals surface area contributed by atoms with E-state index in [0.29, 0.717) is 23.9 Å². The quantitative estimate of drug-likeness (QED) is 0.847. The molecule has 2 heterocycles. The zero-order valence-electron chi connectivity index (χ0n) is 12.5. The molecule has 0 aromatic carbocycles. The van der Waals surface area contributed by atoms with E-state index in [9.17, 15) is 4.79 Å². The standard InChI is InChI=1S/C13H18N6O2/c1-18(2)13-14-6-5-9(16-13)7-15-11(20)10-8-19(3)17-12(10)21-4/h5-6,8H,7H2,1-4H3,(H,15,20). The molecule has 0 aliphatic rings. The highest BCUT2D eigenvalue weighted by atomic mass is 16.5. The van der Waals surface area contributed by atoms with Crippen LogP contribution in [0.2, 0.25) is 0 Å². The maximum atomic E-state index is 12.1. The number of nitrogens with one attached hydrogen (secondary N) is 1. The highest BCUT2D eigenvalue weighted by Crippen LogP contribution is 2.14. The summed E-state index contributed by atoms with van der Waals surface area (Å²) in [6, 6.07) is 1.76. The Morgan fingerprint density at radius 2 is 2.24 bits per heavy atom. The number of methoxy groups -OCH3 is 1. The third-order valence-electron chi connectivity index (χ3n) is 2.76. The Bertz CT molecular complexity index is 637. The third-order valence-corrected chi connectivity index (χ3v) is 2.76. The molecule has 0 atom stereocenters. The summed E-state index contributed by atoms with van der Waals surface area (Å²) in [4.78, 5) is 22.4. The minimum atomic E-state index is -0.259. The van der Waals surface area contributed by atoms with Gasteiger partial charge < -0.3 is 15.0 Å². The zero-order chi connectivity index (χ0) is 15.4. The Hall–Kier alpha value is -2.64. The predicted octanol–water partition coefficient (Wildman–Crippen LogP) is 0.215. The number of aromatic nitrogens is 4. The summed E-state index contributed by atoms with van der Waals surface area (Å²) < 4.78 is 6.60. The molecule has 0 saturated carbocycles. The van der Waals surface area contributed by atoms with E-state index < -0.39 is 0 Å². The molecule has 8 heteroatoms. The van der Waals surface area contributed by atoms with Gasteiger partial charge in [0.15, 0.2) is 0 Å². The fraction of sp³-hybridized carbons (Fsp3) is 0.385. The van der Waals surface area contributed by atoms with Crippen molar-refractivity contribution < 1.29 is 9.53 Å². The Balaban J connectivity index is 2.05. The zero-order valence-corrected chi connectivity index (χ0v) is 12.5. The van der Waals surface area contributed by atoms with Crippen molar-refractivity contribution >= 4 is 11.9 Å². The molecule has 21 heavy (non-hydrogen) atoms. The second kappa shape index (κ2) is 6.21. The van der Waals surface area contributed by atoms with Gasteiger partial charge in [0.1, 0.15) is 5.56 Å². The maximum absolute atomic E-state index is 12.1. The number of anilines is 1. The van der Waals surface area contributed by atoms with Crippen LogP contribution in [0.15, 0.2) is 18.5 Å². The molecule has 0 aliphatic carbocycles. The molecule has 1 amide bonds. The summed E-state index contributed by atoms with van der Waals surface area (Å²) in [5, 5.41) is 6.83. The SMILES string of the molecule is COc1nn(C)cc1C(=O)NCc1ccnc(N(C)C)n1. The summed E-state index contributed by atoms with van der Waals surface area (Å²) in [5.41, 5.74) is 1.12. The minimum Gasteiger partial charge on any atom is -0.479 e. The Labute approximate surface area is 122 Å². The molecule has 0 saturated heterocycles. The van der Waals surface area contributed by atoms with E-state index in [1.807, 2.05) is 14.1 Å². The average molecular weight is 290 g/mol. The first-order valence-corrected chi connectivity index (χ1v) is 6.36. The monoisotopic (exact) mass is 290 g/mol. The fourth-order valence-corrected chi connectivity index (χ4v) is 1.74. The summed E-state index contributed by atoms with van der Waals surface area (Å²) in [6.45, 7) is 0.306. The summed E-state index contributed by atoms with van der Waals surface area (Å²) >= 11 is 0. The highest BCUT2D eigenvalue weighted by molar-refractivity contribution is 5.96.